The molecule has 0 radical (unpaired) electrons. The van der Waals surface area contributed by atoms with Crippen molar-refractivity contribution in [1.29, 1.82) is 0 Å². The molecule has 1 aliphatic rings. The summed E-state index contributed by atoms with van der Waals surface area (Å²) < 4.78 is 5.22. The highest BCUT2D eigenvalue weighted by molar-refractivity contribution is 5.54. The molecule has 1 aromatic rings. The second kappa shape index (κ2) is 6.95. The fourth-order valence-corrected chi connectivity index (χ4v) is 3.00. The van der Waals surface area contributed by atoms with E-state index in [1.54, 1.807) is 7.11 Å². The molecule has 0 aromatic heterocycles. The molecule has 4 heteroatoms. The van der Waals surface area contributed by atoms with E-state index in [1.165, 1.54) is 24.9 Å². The van der Waals surface area contributed by atoms with Crippen molar-refractivity contribution in [2.45, 2.75) is 32.4 Å². The van der Waals surface area contributed by atoms with Crippen LogP contribution in [0.1, 0.15) is 25.3 Å². The lowest BCUT2D eigenvalue weighted by molar-refractivity contribution is 0.176. The number of nitrogens with zero attached hydrogens (tertiary/aromatic N) is 2. The average molecular weight is 277 g/mol. The SMILES string of the molecule is CCC1CN(C)CCCN1Cc1ccc(OC)c(N)c1. The number of ether oxygens (including phenoxy) is 1. The van der Waals surface area contributed by atoms with Crippen LogP contribution in [-0.2, 0) is 6.54 Å². The van der Waals surface area contributed by atoms with Crippen LogP contribution in [0.25, 0.3) is 0 Å². The summed E-state index contributed by atoms with van der Waals surface area (Å²) in [5.74, 6) is 0.761. The number of hydrogen-bond donors (Lipinski definition) is 1. The second-order valence-corrected chi connectivity index (χ2v) is 5.72. The van der Waals surface area contributed by atoms with E-state index in [0.717, 1.165) is 31.1 Å². The zero-order valence-corrected chi connectivity index (χ0v) is 12.9. The Morgan fingerprint density at radius 2 is 2.15 bits per heavy atom. The van der Waals surface area contributed by atoms with Crippen molar-refractivity contribution >= 4 is 5.69 Å². The van der Waals surface area contributed by atoms with Gasteiger partial charge in [-0.1, -0.05) is 13.0 Å². The van der Waals surface area contributed by atoms with Gasteiger partial charge in [0.15, 0.2) is 0 Å². The number of nitrogen functional groups attached to an aromatic ring is 1. The van der Waals surface area contributed by atoms with E-state index in [4.69, 9.17) is 10.5 Å². The molecule has 1 unspecified atom stereocenters. The van der Waals surface area contributed by atoms with Gasteiger partial charge < -0.3 is 15.4 Å². The molecule has 1 fully saturated rings. The van der Waals surface area contributed by atoms with Gasteiger partial charge in [0.25, 0.3) is 0 Å². The predicted octanol–water partition coefficient (Wildman–Crippen LogP) is 2.19. The van der Waals surface area contributed by atoms with Gasteiger partial charge in [-0.2, -0.15) is 0 Å². The first-order valence-electron chi connectivity index (χ1n) is 7.49. The van der Waals surface area contributed by atoms with Gasteiger partial charge in [-0.15, -0.1) is 0 Å². The third-order valence-electron chi connectivity index (χ3n) is 4.18. The highest BCUT2D eigenvalue weighted by Crippen LogP contribution is 2.24. The van der Waals surface area contributed by atoms with Crippen LogP contribution < -0.4 is 10.5 Å². The molecule has 4 nitrogen and oxygen atoms in total. The molecule has 1 aromatic carbocycles. The Bertz CT molecular complexity index is 436. The first kappa shape index (κ1) is 15.1. The van der Waals surface area contributed by atoms with E-state index < -0.39 is 0 Å². The van der Waals surface area contributed by atoms with Gasteiger partial charge in [-0.05, 0) is 44.1 Å². The van der Waals surface area contributed by atoms with Crippen molar-refractivity contribution in [2.24, 2.45) is 0 Å². The molecule has 0 amide bonds. The monoisotopic (exact) mass is 277 g/mol. The standard InChI is InChI=1S/C16H27N3O/c1-4-14-12-18(2)8-5-9-19(14)11-13-6-7-16(20-3)15(17)10-13/h6-7,10,14H,4-5,8-9,11-12,17H2,1-3H3. The van der Waals surface area contributed by atoms with Gasteiger partial charge in [0.05, 0.1) is 12.8 Å². The van der Waals surface area contributed by atoms with E-state index in [1.807, 2.05) is 12.1 Å². The van der Waals surface area contributed by atoms with E-state index >= 15 is 0 Å². The van der Waals surface area contributed by atoms with Crippen LogP contribution in [0.15, 0.2) is 18.2 Å². The second-order valence-electron chi connectivity index (χ2n) is 5.72. The maximum Gasteiger partial charge on any atom is 0.141 e. The van der Waals surface area contributed by atoms with Crippen molar-refractivity contribution in [3.8, 4) is 5.75 Å². The molecular formula is C16H27N3O. The van der Waals surface area contributed by atoms with Crippen LogP contribution in [0.3, 0.4) is 0 Å². The topological polar surface area (TPSA) is 41.7 Å². The zero-order valence-electron chi connectivity index (χ0n) is 12.9. The van der Waals surface area contributed by atoms with E-state index in [2.05, 4.69) is 29.8 Å². The quantitative estimate of drug-likeness (QED) is 0.857. The van der Waals surface area contributed by atoms with Gasteiger partial charge in [-0.3, -0.25) is 4.90 Å². The molecule has 2 N–H and O–H groups in total. The highest BCUT2D eigenvalue weighted by Gasteiger charge is 2.22. The predicted molar refractivity (Wildman–Crippen MR) is 84.0 cm³/mol. The number of anilines is 1. The smallest absolute Gasteiger partial charge is 0.141 e. The molecule has 1 saturated heterocycles. The average Bonchev–Trinajstić information content (AvgIpc) is 2.61. The van der Waals surface area contributed by atoms with Gasteiger partial charge in [-0.25, -0.2) is 0 Å². The maximum atomic E-state index is 6.01. The van der Waals surface area contributed by atoms with E-state index in [-0.39, 0.29) is 0 Å². The first-order valence-corrected chi connectivity index (χ1v) is 7.49. The van der Waals surface area contributed by atoms with Crippen molar-refractivity contribution < 1.29 is 4.74 Å². The van der Waals surface area contributed by atoms with Crippen molar-refractivity contribution in [2.75, 3.05) is 39.5 Å². The Morgan fingerprint density at radius 1 is 1.35 bits per heavy atom. The van der Waals surface area contributed by atoms with E-state index in [9.17, 15) is 0 Å². The van der Waals surface area contributed by atoms with Crippen LogP contribution in [0.4, 0.5) is 5.69 Å². The lowest BCUT2D eigenvalue weighted by Gasteiger charge is -2.30. The summed E-state index contributed by atoms with van der Waals surface area (Å²) in [7, 11) is 3.88. The number of hydrogen-bond acceptors (Lipinski definition) is 4. The Kier molecular flexibility index (Phi) is 5.26. The maximum absolute atomic E-state index is 6.01. The molecule has 1 aliphatic heterocycles. The molecule has 0 bridgehead atoms. The normalized spacial score (nSPS) is 21.6. The minimum Gasteiger partial charge on any atom is -0.495 e. The number of methoxy groups -OCH3 is 1. The lowest BCUT2D eigenvalue weighted by atomic mass is 10.1. The fraction of sp³-hybridized carbons (Fsp3) is 0.625. The molecule has 20 heavy (non-hydrogen) atoms. The number of likely N-dealkylation sites (N-methyl/N-ethyl adjacent to an activating group) is 1. The van der Waals surface area contributed by atoms with Crippen LogP contribution in [0, 0.1) is 0 Å². The summed E-state index contributed by atoms with van der Waals surface area (Å²) in [6, 6.07) is 6.76. The largest absolute Gasteiger partial charge is 0.495 e. The molecule has 0 aliphatic carbocycles. The third-order valence-corrected chi connectivity index (χ3v) is 4.18. The fourth-order valence-electron chi connectivity index (χ4n) is 3.00. The lowest BCUT2D eigenvalue weighted by Crippen LogP contribution is -2.39. The molecule has 2 rings (SSSR count). The Balaban J connectivity index is 2.08. The minimum absolute atomic E-state index is 0.630. The van der Waals surface area contributed by atoms with Gasteiger partial charge >= 0.3 is 0 Å². The Hall–Kier alpha value is -1.26. The van der Waals surface area contributed by atoms with Crippen LogP contribution in [-0.4, -0.2) is 49.6 Å². The minimum atomic E-state index is 0.630. The zero-order chi connectivity index (χ0) is 14.5. The van der Waals surface area contributed by atoms with Crippen LogP contribution in [0.2, 0.25) is 0 Å². The molecule has 0 saturated carbocycles. The molecule has 0 spiro atoms. The molecule has 112 valence electrons. The highest BCUT2D eigenvalue weighted by atomic mass is 16.5. The van der Waals surface area contributed by atoms with Crippen LogP contribution in [0.5, 0.6) is 5.75 Å². The Labute approximate surface area is 122 Å². The van der Waals surface area contributed by atoms with Crippen molar-refractivity contribution in [3.05, 3.63) is 23.8 Å². The van der Waals surface area contributed by atoms with Gasteiger partial charge in [0, 0.05) is 25.7 Å². The summed E-state index contributed by atoms with van der Waals surface area (Å²) in [5, 5.41) is 0. The third kappa shape index (κ3) is 3.64. The summed E-state index contributed by atoms with van der Waals surface area (Å²) in [6.45, 7) is 6.76. The Morgan fingerprint density at radius 3 is 2.80 bits per heavy atom. The summed E-state index contributed by atoms with van der Waals surface area (Å²) in [6.07, 6.45) is 2.43. The first-order chi connectivity index (χ1) is 9.63. The van der Waals surface area contributed by atoms with Gasteiger partial charge in [0.1, 0.15) is 5.75 Å². The van der Waals surface area contributed by atoms with Crippen LogP contribution >= 0.6 is 0 Å². The number of benzene rings is 1. The van der Waals surface area contributed by atoms with E-state index in [0.29, 0.717) is 6.04 Å². The molecular weight excluding hydrogens is 250 g/mol. The summed E-state index contributed by atoms with van der Waals surface area (Å²) in [4.78, 5) is 5.03. The summed E-state index contributed by atoms with van der Waals surface area (Å²) >= 11 is 0. The van der Waals surface area contributed by atoms with Crippen molar-refractivity contribution in [1.82, 2.24) is 9.80 Å². The summed E-state index contributed by atoms with van der Waals surface area (Å²) in [5.41, 5.74) is 8.00. The van der Waals surface area contributed by atoms with Crippen molar-refractivity contribution in [3.63, 3.8) is 0 Å². The molecule has 1 atom stereocenters. The number of nitrogens with two attached hydrogens (primary N) is 1. The molecule has 1 heterocycles. The number of rotatable bonds is 4. The van der Waals surface area contributed by atoms with Gasteiger partial charge in [0.2, 0.25) is 0 Å².